The fourth-order valence-electron chi connectivity index (χ4n) is 3.04. The number of nitrogens with one attached hydrogen (secondary N) is 1. The zero-order valence-electron chi connectivity index (χ0n) is 16.0. The van der Waals surface area contributed by atoms with Crippen molar-refractivity contribution in [1.29, 1.82) is 0 Å². The van der Waals surface area contributed by atoms with E-state index < -0.39 is 10.0 Å². The first-order valence-electron chi connectivity index (χ1n) is 9.12. The monoisotopic (exact) mass is 435 g/mol. The van der Waals surface area contributed by atoms with Crippen molar-refractivity contribution in [2.75, 3.05) is 39.3 Å². The molecule has 1 aromatic carbocycles. The van der Waals surface area contributed by atoms with Gasteiger partial charge in [-0.3, -0.25) is 9.69 Å². The maximum Gasteiger partial charge on any atom is 0.244 e. The molecule has 0 saturated carbocycles. The van der Waals surface area contributed by atoms with Crippen LogP contribution in [0.1, 0.15) is 30.9 Å². The second kappa shape index (κ2) is 9.56. The van der Waals surface area contributed by atoms with Crippen LogP contribution in [0.5, 0.6) is 0 Å². The lowest BCUT2D eigenvalue weighted by Crippen LogP contribution is -2.51. The third-order valence-corrected chi connectivity index (χ3v) is 7.80. The molecule has 0 unspecified atom stereocenters. The van der Waals surface area contributed by atoms with E-state index in [-0.39, 0.29) is 22.4 Å². The lowest BCUT2D eigenvalue weighted by molar-refractivity contribution is -0.122. The molecule has 1 amide bonds. The first kappa shape index (κ1) is 22.4. The number of nitrogens with zero attached hydrogens (tertiary/aromatic N) is 2. The van der Waals surface area contributed by atoms with Gasteiger partial charge in [-0.05, 0) is 37.5 Å². The van der Waals surface area contributed by atoms with Gasteiger partial charge in [0.2, 0.25) is 15.9 Å². The molecule has 1 saturated heterocycles. The number of hydrogen-bond donors (Lipinski definition) is 1. The molecule has 152 valence electrons. The lowest BCUT2D eigenvalue weighted by Gasteiger charge is -2.34. The highest BCUT2D eigenvalue weighted by atomic mass is 35.5. The number of benzene rings is 1. The van der Waals surface area contributed by atoms with Gasteiger partial charge in [0.1, 0.15) is 4.90 Å². The quantitative estimate of drug-likeness (QED) is 0.668. The predicted octanol–water partition coefficient (Wildman–Crippen LogP) is 2.83. The summed E-state index contributed by atoms with van der Waals surface area (Å²) in [5, 5.41) is 3.49. The third kappa shape index (κ3) is 5.35. The number of carbonyl (C=O) groups is 1. The standard InChI is InChI=1S/C18H27Cl2N3O3S/c1-4-5-6-21-16(24)12-22-7-9-23(10-8-22)27(25,26)18-14(3)15(19)11-13(2)17(18)20/h11H,4-10,12H2,1-3H3,(H,21,24). The molecule has 1 N–H and O–H groups in total. The Balaban J connectivity index is 2.05. The van der Waals surface area contributed by atoms with Gasteiger partial charge < -0.3 is 5.32 Å². The van der Waals surface area contributed by atoms with Crippen molar-refractivity contribution < 1.29 is 13.2 Å². The topological polar surface area (TPSA) is 69.7 Å². The Morgan fingerprint density at radius 1 is 1.19 bits per heavy atom. The van der Waals surface area contributed by atoms with Crippen molar-refractivity contribution in [3.05, 3.63) is 27.2 Å². The first-order valence-corrected chi connectivity index (χ1v) is 11.3. The van der Waals surface area contributed by atoms with Crippen LogP contribution in [-0.4, -0.2) is 62.8 Å². The summed E-state index contributed by atoms with van der Waals surface area (Å²) < 4.78 is 27.7. The molecule has 0 aromatic heterocycles. The van der Waals surface area contributed by atoms with Crippen LogP contribution in [0.2, 0.25) is 10.0 Å². The molecule has 0 radical (unpaired) electrons. The summed E-state index contributed by atoms with van der Waals surface area (Å²) in [6.45, 7) is 8.05. The molecule has 1 heterocycles. The fourth-order valence-corrected chi connectivity index (χ4v) is 5.63. The van der Waals surface area contributed by atoms with Gasteiger partial charge in [0.25, 0.3) is 0 Å². The molecule has 0 atom stereocenters. The molecule has 1 aliphatic heterocycles. The first-order chi connectivity index (χ1) is 12.7. The summed E-state index contributed by atoms with van der Waals surface area (Å²) in [4.78, 5) is 14.0. The molecule has 9 heteroatoms. The largest absolute Gasteiger partial charge is 0.355 e. The van der Waals surface area contributed by atoms with Crippen LogP contribution in [0.4, 0.5) is 0 Å². The van der Waals surface area contributed by atoms with E-state index in [1.807, 2.05) is 4.90 Å². The van der Waals surface area contributed by atoms with Gasteiger partial charge in [-0.25, -0.2) is 8.42 Å². The van der Waals surface area contributed by atoms with E-state index in [9.17, 15) is 13.2 Å². The second-order valence-electron chi connectivity index (χ2n) is 6.83. The molecule has 1 fully saturated rings. The Labute approximate surface area is 171 Å². The fraction of sp³-hybridized carbons (Fsp3) is 0.611. The van der Waals surface area contributed by atoms with Gasteiger partial charge in [-0.1, -0.05) is 36.5 Å². The predicted molar refractivity (Wildman–Crippen MR) is 109 cm³/mol. The van der Waals surface area contributed by atoms with Gasteiger partial charge in [0.15, 0.2) is 0 Å². The Hall–Kier alpha value is -0.860. The molecular weight excluding hydrogens is 409 g/mol. The zero-order valence-corrected chi connectivity index (χ0v) is 18.3. The third-order valence-electron chi connectivity index (χ3n) is 4.74. The Kier molecular flexibility index (Phi) is 7.94. The number of unbranched alkanes of at least 4 members (excludes halogenated alkanes) is 1. The Bertz CT molecular complexity index is 765. The Morgan fingerprint density at radius 2 is 1.81 bits per heavy atom. The van der Waals surface area contributed by atoms with Crippen LogP contribution in [0.3, 0.4) is 0 Å². The highest BCUT2D eigenvalue weighted by molar-refractivity contribution is 7.89. The number of rotatable bonds is 7. The maximum absolute atomic E-state index is 13.1. The zero-order chi connectivity index (χ0) is 20.2. The van der Waals surface area contributed by atoms with E-state index in [2.05, 4.69) is 12.2 Å². The van der Waals surface area contributed by atoms with E-state index in [0.717, 1.165) is 12.8 Å². The summed E-state index contributed by atoms with van der Waals surface area (Å²) in [7, 11) is -3.75. The molecule has 0 bridgehead atoms. The number of piperazine rings is 1. The molecule has 2 rings (SSSR count). The summed E-state index contributed by atoms with van der Waals surface area (Å²) in [6.07, 6.45) is 1.98. The van der Waals surface area contributed by atoms with E-state index in [1.165, 1.54) is 4.31 Å². The number of amides is 1. The number of carbonyl (C=O) groups excluding carboxylic acids is 1. The molecule has 0 spiro atoms. The van der Waals surface area contributed by atoms with Crippen molar-refractivity contribution >= 4 is 39.1 Å². The number of aryl methyl sites for hydroxylation is 1. The maximum atomic E-state index is 13.1. The van der Waals surface area contributed by atoms with E-state index >= 15 is 0 Å². The highest BCUT2D eigenvalue weighted by Crippen LogP contribution is 2.35. The summed E-state index contributed by atoms with van der Waals surface area (Å²) >= 11 is 12.5. The molecule has 6 nitrogen and oxygen atoms in total. The minimum Gasteiger partial charge on any atom is -0.355 e. The van der Waals surface area contributed by atoms with Crippen LogP contribution >= 0.6 is 23.2 Å². The summed E-state index contributed by atoms with van der Waals surface area (Å²) in [6, 6.07) is 1.67. The highest BCUT2D eigenvalue weighted by Gasteiger charge is 2.33. The second-order valence-corrected chi connectivity index (χ2v) is 9.49. The molecule has 1 aromatic rings. The van der Waals surface area contributed by atoms with E-state index in [0.29, 0.717) is 48.9 Å². The molecule has 27 heavy (non-hydrogen) atoms. The number of hydrogen-bond acceptors (Lipinski definition) is 4. The van der Waals surface area contributed by atoms with Crippen molar-refractivity contribution in [2.45, 2.75) is 38.5 Å². The lowest BCUT2D eigenvalue weighted by atomic mass is 10.2. The number of sulfonamides is 1. The van der Waals surface area contributed by atoms with Gasteiger partial charge >= 0.3 is 0 Å². The minimum absolute atomic E-state index is 0.0240. The molecule has 1 aliphatic rings. The smallest absolute Gasteiger partial charge is 0.244 e. The van der Waals surface area contributed by atoms with Crippen LogP contribution in [-0.2, 0) is 14.8 Å². The molecule has 0 aliphatic carbocycles. The SMILES string of the molecule is CCCCNC(=O)CN1CCN(S(=O)(=O)c2c(C)c(Cl)cc(C)c2Cl)CC1. The van der Waals surface area contributed by atoms with Gasteiger partial charge in [0, 0.05) is 37.7 Å². The number of halogens is 2. The van der Waals surface area contributed by atoms with Crippen LogP contribution in [0.15, 0.2) is 11.0 Å². The van der Waals surface area contributed by atoms with Crippen molar-refractivity contribution in [2.24, 2.45) is 0 Å². The van der Waals surface area contributed by atoms with Crippen molar-refractivity contribution in [3.8, 4) is 0 Å². The van der Waals surface area contributed by atoms with E-state index in [4.69, 9.17) is 23.2 Å². The van der Waals surface area contributed by atoms with E-state index in [1.54, 1.807) is 19.9 Å². The van der Waals surface area contributed by atoms with Gasteiger partial charge in [-0.15, -0.1) is 0 Å². The van der Waals surface area contributed by atoms with Crippen LogP contribution in [0, 0.1) is 13.8 Å². The van der Waals surface area contributed by atoms with Crippen molar-refractivity contribution in [3.63, 3.8) is 0 Å². The molecular formula is C18H27Cl2N3O3S. The van der Waals surface area contributed by atoms with Gasteiger partial charge in [0.05, 0.1) is 11.6 Å². The van der Waals surface area contributed by atoms with Gasteiger partial charge in [-0.2, -0.15) is 4.31 Å². The van der Waals surface area contributed by atoms with Crippen molar-refractivity contribution in [1.82, 2.24) is 14.5 Å². The Morgan fingerprint density at radius 3 is 2.41 bits per heavy atom. The summed E-state index contributed by atoms with van der Waals surface area (Å²) in [5.41, 5.74) is 1.10. The minimum atomic E-state index is -3.75. The van der Waals surface area contributed by atoms with Crippen LogP contribution in [0.25, 0.3) is 0 Å². The normalized spacial score (nSPS) is 16.5. The summed E-state index contributed by atoms with van der Waals surface area (Å²) in [5.74, 6) is -0.0240. The van der Waals surface area contributed by atoms with Crippen LogP contribution < -0.4 is 5.32 Å². The average Bonchev–Trinajstić information content (AvgIpc) is 2.61. The average molecular weight is 436 g/mol.